The van der Waals surface area contributed by atoms with Gasteiger partial charge >= 0.3 is 11.8 Å². The Kier molecular flexibility index (Phi) is 7.81. The minimum atomic E-state index is -1.02. The quantitative estimate of drug-likeness (QED) is 0.222. The third-order valence-electron chi connectivity index (χ3n) is 5.95. The second kappa shape index (κ2) is 11.4. The van der Waals surface area contributed by atoms with Gasteiger partial charge in [-0.05, 0) is 61.9 Å². The summed E-state index contributed by atoms with van der Waals surface area (Å²) in [6.07, 6.45) is 0. The molecule has 0 radical (unpaired) electrons. The van der Waals surface area contributed by atoms with E-state index in [4.69, 9.17) is 4.74 Å². The van der Waals surface area contributed by atoms with Crippen LogP contribution in [0.5, 0.6) is 5.75 Å². The normalized spacial score (nSPS) is 11.2. The van der Waals surface area contributed by atoms with E-state index in [-0.39, 0.29) is 18.1 Å². The Hall–Kier alpha value is -4.99. The van der Waals surface area contributed by atoms with Gasteiger partial charge in [-0.25, -0.2) is 14.5 Å². The average Bonchev–Trinajstić information content (AvgIpc) is 3.14. The SMILES string of the molecule is C/C(=N\NC(=O)C(=O)Nc1c(C)n(C)n(-c2ccccc2)c1=O)c1ccc(OCc2ccccc2F)cc1. The van der Waals surface area contributed by atoms with Crippen molar-refractivity contribution in [2.75, 3.05) is 5.32 Å². The van der Waals surface area contributed by atoms with Crippen LogP contribution in [-0.2, 0) is 23.2 Å². The predicted octanol–water partition coefficient (Wildman–Crippen LogP) is 3.68. The zero-order valence-electron chi connectivity index (χ0n) is 21.1. The molecular weight excluding hydrogens is 489 g/mol. The minimum absolute atomic E-state index is 0.00294. The van der Waals surface area contributed by atoms with E-state index in [0.717, 1.165) is 0 Å². The Bertz CT molecular complexity index is 1560. The van der Waals surface area contributed by atoms with Gasteiger partial charge in [-0.1, -0.05) is 36.4 Å². The molecule has 0 aliphatic carbocycles. The Morgan fingerprint density at radius 1 is 0.947 bits per heavy atom. The summed E-state index contributed by atoms with van der Waals surface area (Å²) in [6, 6.07) is 22.2. The molecule has 0 unspecified atom stereocenters. The van der Waals surface area contributed by atoms with Gasteiger partial charge in [-0.15, -0.1) is 0 Å². The molecule has 2 N–H and O–H groups in total. The number of benzene rings is 3. The van der Waals surface area contributed by atoms with Crippen LogP contribution in [0.3, 0.4) is 0 Å². The van der Waals surface area contributed by atoms with Gasteiger partial charge in [0, 0.05) is 12.6 Å². The number of carbonyl (C=O) groups excluding carboxylic acids is 2. The van der Waals surface area contributed by atoms with Crippen LogP contribution in [0.25, 0.3) is 5.69 Å². The van der Waals surface area contributed by atoms with Crippen molar-refractivity contribution in [1.29, 1.82) is 0 Å². The Balaban J connectivity index is 1.37. The molecule has 3 aromatic carbocycles. The van der Waals surface area contributed by atoms with Crippen molar-refractivity contribution in [3.8, 4) is 11.4 Å². The van der Waals surface area contributed by atoms with Crippen LogP contribution < -0.4 is 21.0 Å². The molecule has 194 valence electrons. The lowest BCUT2D eigenvalue weighted by atomic mass is 10.1. The highest BCUT2D eigenvalue weighted by Crippen LogP contribution is 2.16. The number of anilines is 1. The Morgan fingerprint density at radius 3 is 2.29 bits per heavy atom. The molecule has 4 rings (SSSR count). The van der Waals surface area contributed by atoms with Crippen molar-refractivity contribution in [2.45, 2.75) is 20.5 Å². The first-order valence-corrected chi connectivity index (χ1v) is 11.7. The van der Waals surface area contributed by atoms with Gasteiger partial charge in [0.05, 0.1) is 17.1 Å². The van der Waals surface area contributed by atoms with Crippen LogP contribution in [0.1, 0.15) is 23.7 Å². The van der Waals surface area contributed by atoms with Gasteiger partial charge in [-0.2, -0.15) is 5.10 Å². The minimum Gasteiger partial charge on any atom is -0.489 e. The van der Waals surface area contributed by atoms with E-state index in [9.17, 15) is 18.8 Å². The van der Waals surface area contributed by atoms with E-state index in [1.54, 1.807) is 92.3 Å². The molecular formula is C28H26FN5O4. The number of aromatic nitrogens is 2. The molecule has 0 saturated carbocycles. The van der Waals surface area contributed by atoms with Crippen molar-refractivity contribution < 1.29 is 18.7 Å². The number of halogens is 1. The number of nitrogens with zero attached hydrogens (tertiary/aromatic N) is 3. The number of hydrazone groups is 1. The molecule has 1 aromatic heterocycles. The van der Waals surface area contributed by atoms with Crippen molar-refractivity contribution >= 4 is 23.2 Å². The number of para-hydroxylation sites is 1. The molecule has 4 aromatic rings. The van der Waals surface area contributed by atoms with E-state index in [1.807, 2.05) is 6.07 Å². The van der Waals surface area contributed by atoms with Crippen molar-refractivity contribution in [1.82, 2.24) is 14.8 Å². The third kappa shape index (κ3) is 5.70. The van der Waals surface area contributed by atoms with Crippen molar-refractivity contribution in [3.63, 3.8) is 0 Å². The van der Waals surface area contributed by atoms with E-state index in [2.05, 4.69) is 15.8 Å². The van der Waals surface area contributed by atoms with E-state index in [0.29, 0.717) is 34.0 Å². The number of hydrogen-bond acceptors (Lipinski definition) is 5. The zero-order valence-corrected chi connectivity index (χ0v) is 21.1. The Morgan fingerprint density at radius 2 is 1.61 bits per heavy atom. The monoisotopic (exact) mass is 515 g/mol. The maximum atomic E-state index is 13.7. The van der Waals surface area contributed by atoms with Crippen LogP contribution in [0.4, 0.5) is 10.1 Å². The first kappa shape index (κ1) is 26.1. The lowest BCUT2D eigenvalue weighted by Gasteiger charge is -2.08. The molecule has 9 nitrogen and oxygen atoms in total. The van der Waals surface area contributed by atoms with Gasteiger partial charge in [0.2, 0.25) is 0 Å². The molecule has 2 amide bonds. The number of carbonyl (C=O) groups is 2. The smallest absolute Gasteiger partial charge is 0.329 e. The summed E-state index contributed by atoms with van der Waals surface area (Å²) in [4.78, 5) is 37.8. The van der Waals surface area contributed by atoms with E-state index < -0.39 is 17.4 Å². The first-order valence-electron chi connectivity index (χ1n) is 11.7. The fourth-order valence-electron chi connectivity index (χ4n) is 3.70. The summed E-state index contributed by atoms with van der Waals surface area (Å²) in [5.74, 6) is -1.85. The highest BCUT2D eigenvalue weighted by molar-refractivity contribution is 6.39. The summed E-state index contributed by atoms with van der Waals surface area (Å²) < 4.78 is 22.4. The lowest BCUT2D eigenvalue weighted by Crippen LogP contribution is -2.34. The molecule has 38 heavy (non-hydrogen) atoms. The van der Waals surface area contributed by atoms with Crippen LogP contribution >= 0.6 is 0 Å². The summed E-state index contributed by atoms with van der Waals surface area (Å²) in [7, 11) is 1.68. The van der Waals surface area contributed by atoms with Crippen molar-refractivity contribution in [3.05, 3.63) is 112 Å². The number of amides is 2. The van der Waals surface area contributed by atoms with Crippen LogP contribution in [0.2, 0.25) is 0 Å². The highest BCUT2D eigenvalue weighted by atomic mass is 19.1. The maximum Gasteiger partial charge on any atom is 0.329 e. The lowest BCUT2D eigenvalue weighted by molar-refractivity contribution is -0.136. The number of nitrogens with one attached hydrogen (secondary N) is 2. The van der Waals surface area contributed by atoms with Crippen LogP contribution in [0.15, 0.2) is 88.8 Å². The predicted molar refractivity (Wildman–Crippen MR) is 142 cm³/mol. The molecule has 0 spiro atoms. The van der Waals surface area contributed by atoms with E-state index >= 15 is 0 Å². The molecule has 0 atom stereocenters. The topological polar surface area (TPSA) is 107 Å². The molecule has 10 heteroatoms. The standard InChI is InChI=1S/C28H26FN5O4/c1-18(20-13-15-23(16-14-20)38-17-21-9-7-8-12-24(21)29)31-32-27(36)26(35)30-25-19(2)33(3)34(28(25)37)22-10-5-4-6-11-22/h4-16H,17H2,1-3H3,(H,30,35)(H,32,36)/b31-18+. The maximum absolute atomic E-state index is 13.7. The molecule has 0 fully saturated rings. The second-order valence-electron chi connectivity index (χ2n) is 8.43. The second-order valence-corrected chi connectivity index (χ2v) is 8.43. The molecule has 0 saturated heterocycles. The van der Waals surface area contributed by atoms with Gasteiger partial charge in [0.1, 0.15) is 23.9 Å². The summed E-state index contributed by atoms with van der Waals surface area (Å²) in [6.45, 7) is 3.41. The third-order valence-corrected chi connectivity index (χ3v) is 5.95. The van der Waals surface area contributed by atoms with Crippen molar-refractivity contribution in [2.24, 2.45) is 12.1 Å². The van der Waals surface area contributed by atoms with Crippen LogP contribution in [0, 0.1) is 12.7 Å². The van der Waals surface area contributed by atoms with Crippen LogP contribution in [-0.4, -0.2) is 26.9 Å². The molecule has 0 aliphatic heterocycles. The fraction of sp³-hybridized carbons (Fsp3) is 0.143. The summed E-state index contributed by atoms with van der Waals surface area (Å²) >= 11 is 0. The van der Waals surface area contributed by atoms with Gasteiger partial charge in [0.25, 0.3) is 5.56 Å². The average molecular weight is 516 g/mol. The number of rotatable bonds is 7. The first-order chi connectivity index (χ1) is 18.3. The number of ether oxygens (including phenoxy) is 1. The molecule has 0 aliphatic rings. The van der Waals surface area contributed by atoms with E-state index in [1.165, 1.54) is 10.7 Å². The Labute approximate surface area is 218 Å². The number of hydrogen-bond donors (Lipinski definition) is 2. The summed E-state index contributed by atoms with van der Waals surface area (Å²) in [5.41, 5.74) is 4.41. The molecule has 0 bridgehead atoms. The highest BCUT2D eigenvalue weighted by Gasteiger charge is 2.21. The fourth-order valence-corrected chi connectivity index (χ4v) is 3.70. The largest absolute Gasteiger partial charge is 0.489 e. The summed E-state index contributed by atoms with van der Waals surface area (Å²) in [5, 5.41) is 6.38. The van der Waals surface area contributed by atoms with Gasteiger partial charge < -0.3 is 10.1 Å². The zero-order chi connectivity index (χ0) is 27.2. The van der Waals surface area contributed by atoms with Gasteiger partial charge in [0.15, 0.2) is 0 Å². The van der Waals surface area contributed by atoms with Gasteiger partial charge in [-0.3, -0.25) is 19.1 Å². The molecule has 1 heterocycles.